The summed E-state index contributed by atoms with van der Waals surface area (Å²) in [5.41, 5.74) is -0.0482. The third kappa shape index (κ3) is 4.10. The Balaban J connectivity index is 1.56. The van der Waals surface area contributed by atoms with Crippen molar-refractivity contribution in [3.8, 4) is 0 Å². The molecular formula is C19H32N4O3. The van der Waals surface area contributed by atoms with Crippen molar-refractivity contribution in [2.75, 3.05) is 45.9 Å². The van der Waals surface area contributed by atoms with Gasteiger partial charge in [-0.05, 0) is 18.9 Å². The molecule has 0 aromatic carbocycles. The second-order valence-corrected chi connectivity index (χ2v) is 8.32. The topological polar surface area (TPSA) is 70.8 Å². The Morgan fingerprint density at radius 3 is 2.65 bits per heavy atom. The van der Waals surface area contributed by atoms with Gasteiger partial charge in [-0.25, -0.2) is 0 Å². The average Bonchev–Trinajstić information content (AvgIpc) is 3.01. The van der Waals surface area contributed by atoms with E-state index in [4.69, 9.17) is 4.74 Å². The molecule has 1 aromatic rings. The number of morpholine rings is 1. The van der Waals surface area contributed by atoms with Crippen LogP contribution in [-0.2, 0) is 23.0 Å². The lowest BCUT2D eigenvalue weighted by molar-refractivity contribution is -0.157. The van der Waals surface area contributed by atoms with E-state index in [0.29, 0.717) is 38.9 Å². The zero-order chi connectivity index (χ0) is 18.8. The van der Waals surface area contributed by atoms with E-state index in [1.807, 2.05) is 22.7 Å². The molecule has 2 aliphatic heterocycles. The maximum absolute atomic E-state index is 12.7. The van der Waals surface area contributed by atoms with E-state index in [1.54, 1.807) is 6.20 Å². The molecule has 3 rings (SSSR count). The van der Waals surface area contributed by atoms with Crippen molar-refractivity contribution in [1.29, 1.82) is 0 Å². The number of likely N-dealkylation sites (tertiary alicyclic amines) is 1. The van der Waals surface area contributed by atoms with Gasteiger partial charge in [-0.2, -0.15) is 5.10 Å². The van der Waals surface area contributed by atoms with Gasteiger partial charge in [0.05, 0.1) is 18.8 Å². The van der Waals surface area contributed by atoms with Gasteiger partial charge < -0.3 is 14.7 Å². The lowest BCUT2D eigenvalue weighted by atomic mass is 9.69. The summed E-state index contributed by atoms with van der Waals surface area (Å²) in [6, 6.07) is 1.95. The molecule has 2 aliphatic rings. The number of rotatable bonds is 5. The van der Waals surface area contributed by atoms with Gasteiger partial charge in [0.15, 0.2) is 0 Å². The summed E-state index contributed by atoms with van der Waals surface area (Å²) in [7, 11) is 1.90. The van der Waals surface area contributed by atoms with E-state index in [9.17, 15) is 9.90 Å². The van der Waals surface area contributed by atoms with Gasteiger partial charge in [-0.3, -0.25) is 14.4 Å². The second-order valence-electron chi connectivity index (χ2n) is 8.32. The van der Waals surface area contributed by atoms with Crippen molar-refractivity contribution in [2.45, 2.75) is 38.7 Å². The summed E-state index contributed by atoms with van der Waals surface area (Å²) in [6.45, 7) is 9.22. The summed E-state index contributed by atoms with van der Waals surface area (Å²) in [5.74, 6) is 0.160. The highest BCUT2D eigenvalue weighted by atomic mass is 16.5. The van der Waals surface area contributed by atoms with Crippen molar-refractivity contribution in [3.63, 3.8) is 0 Å². The zero-order valence-electron chi connectivity index (χ0n) is 16.3. The Morgan fingerprint density at radius 2 is 2.04 bits per heavy atom. The number of hydrogen-bond acceptors (Lipinski definition) is 5. The Bertz CT molecular complexity index is 624. The van der Waals surface area contributed by atoms with Crippen molar-refractivity contribution in [1.82, 2.24) is 19.6 Å². The van der Waals surface area contributed by atoms with Crippen LogP contribution in [-0.4, -0.2) is 82.1 Å². The van der Waals surface area contributed by atoms with Crippen LogP contribution in [0.25, 0.3) is 0 Å². The van der Waals surface area contributed by atoms with Crippen LogP contribution in [0.1, 0.15) is 32.4 Å². The molecule has 3 heterocycles. The minimum absolute atomic E-state index is 0.160. The van der Waals surface area contributed by atoms with E-state index in [0.717, 1.165) is 32.0 Å². The summed E-state index contributed by atoms with van der Waals surface area (Å²) in [5, 5.41) is 15.5. The number of aliphatic hydroxyl groups is 1. The third-order valence-electron chi connectivity index (χ3n) is 6.10. The van der Waals surface area contributed by atoms with Gasteiger partial charge in [0.2, 0.25) is 5.91 Å². The number of aryl methyl sites for hydroxylation is 2. The van der Waals surface area contributed by atoms with Gasteiger partial charge in [-0.15, -0.1) is 0 Å². The first-order valence-electron chi connectivity index (χ1n) is 9.58. The first kappa shape index (κ1) is 19.3. The molecular weight excluding hydrogens is 332 g/mol. The normalized spacial score (nSPS) is 26.8. The predicted octanol–water partition coefficient (Wildman–Crippen LogP) is 0.675. The quantitative estimate of drug-likeness (QED) is 0.832. The standard InChI is InChI=1S/C19H32N4O3/c1-18(2)14-23(17(24)5-4-16-6-8-20-21(16)3)9-7-19(18,25)15-22-10-12-26-13-11-22/h6,8,25H,4-5,7,9-15H2,1-3H3/t19-/m0/s1. The molecule has 0 saturated carbocycles. The molecule has 1 aromatic heterocycles. The largest absolute Gasteiger partial charge is 0.388 e. The van der Waals surface area contributed by atoms with Crippen LogP contribution in [0.2, 0.25) is 0 Å². The van der Waals surface area contributed by atoms with Gasteiger partial charge in [0.25, 0.3) is 0 Å². The number of amides is 1. The van der Waals surface area contributed by atoms with Crippen molar-refractivity contribution < 1.29 is 14.6 Å². The first-order valence-corrected chi connectivity index (χ1v) is 9.58. The summed E-state index contributed by atoms with van der Waals surface area (Å²) >= 11 is 0. The summed E-state index contributed by atoms with van der Waals surface area (Å²) < 4.78 is 7.22. The van der Waals surface area contributed by atoms with Gasteiger partial charge in [0.1, 0.15) is 0 Å². The first-order chi connectivity index (χ1) is 12.3. The minimum atomic E-state index is -0.775. The maximum atomic E-state index is 12.7. The maximum Gasteiger partial charge on any atom is 0.222 e. The van der Waals surface area contributed by atoms with Crippen molar-refractivity contribution in [3.05, 3.63) is 18.0 Å². The van der Waals surface area contributed by atoms with Crippen LogP contribution in [0.5, 0.6) is 0 Å². The molecule has 1 atom stereocenters. The molecule has 7 heteroatoms. The SMILES string of the molecule is Cn1nccc1CCC(=O)N1CC[C@](O)(CN2CCOCC2)C(C)(C)C1. The monoisotopic (exact) mass is 364 g/mol. The van der Waals surface area contributed by atoms with Crippen LogP contribution >= 0.6 is 0 Å². The van der Waals surface area contributed by atoms with E-state index in [-0.39, 0.29) is 11.3 Å². The fraction of sp³-hybridized carbons (Fsp3) is 0.789. The summed E-state index contributed by atoms with van der Waals surface area (Å²) in [6.07, 6.45) is 3.56. The fourth-order valence-corrected chi connectivity index (χ4v) is 4.04. The van der Waals surface area contributed by atoms with Crippen molar-refractivity contribution in [2.24, 2.45) is 12.5 Å². The molecule has 2 fully saturated rings. The molecule has 0 unspecified atom stereocenters. The Morgan fingerprint density at radius 1 is 1.31 bits per heavy atom. The van der Waals surface area contributed by atoms with Crippen molar-refractivity contribution >= 4 is 5.91 Å². The van der Waals surface area contributed by atoms with E-state index in [2.05, 4.69) is 23.8 Å². The number of aromatic nitrogens is 2. The molecule has 1 amide bonds. The van der Waals surface area contributed by atoms with Crippen LogP contribution in [0, 0.1) is 5.41 Å². The number of piperidine rings is 1. The molecule has 26 heavy (non-hydrogen) atoms. The lowest BCUT2D eigenvalue weighted by Gasteiger charge is -2.52. The predicted molar refractivity (Wildman–Crippen MR) is 98.7 cm³/mol. The number of β-amino-alcohol motifs (C(OH)–C–C–N with tert-alkyl or cyclic N) is 1. The molecule has 0 radical (unpaired) electrons. The van der Waals surface area contributed by atoms with Crippen LogP contribution in [0.15, 0.2) is 12.3 Å². The smallest absolute Gasteiger partial charge is 0.222 e. The highest BCUT2D eigenvalue weighted by molar-refractivity contribution is 5.76. The Kier molecular flexibility index (Phi) is 5.69. The zero-order valence-corrected chi connectivity index (χ0v) is 16.3. The Hall–Kier alpha value is -1.44. The summed E-state index contributed by atoms with van der Waals surface area (Å²) in [4.78, 5) is 16.9. The van der Waals surface area contributed by atoms with Gasteiger partial charge in [-0.1, -0.05) is 13.8 Å². The molecule has 146 valence electrons. The van der Waals surface area contributed by atoms with Gasteiger partial charge >= 0.3 is 0 Å². The highest BCUT2D eigenvalue weighted by Crippen LogP contribution is 2.39. The van der Waals surface area contributed by atoms with Gasteiger partial charge in [0, 0.05) is 63.5 Å². The van der Waals surface area contributed by atoms with Crippen LogP contribution in [0.3, 0.4) is 0 Å². The highest BCUT2D eigenvalue weighted by Gasteiger charge is 2.49. The van der Waals surface area contributed by atoms with E-state index < -0.39 is 5.60 Å². The molecule has 1 N–H and O–H groups in total. The van der Waals surface area contributed by atoms with Crippen LogP contribution < -0.4 is 0 Å². The number of hydrogen-bond donors (Lipinski definition) is 1. The third-order valence-corrected chi connectivity index (χ3v) is 6.10. The molecule has 0 aliphatic carbocycles. The van der Waals surface area contributed by atoms with Crippen LogP contribution in [0.4, 0.5) is 0 Å². The number of ether oxygens (including phenoxy) is 1. The number of nitrogens with zero attached hydrogens (tertiary/aromatic N) is 4. The molecule has 0 bridgehead atoms. The second kappa shape index (κ2) is 7.66. The van der Waals surface area contributed by atoms with E-state index in [1.165, 1.54) is 0 Å². The van der Waals surface area contributed by atoms with E-state index >= 15 is 0 Å². The fourth-order valence-electron chi connectivity index (χ4n) is 4.04. The average molecular weight is 364 g/mol. The number of carbonyl (C=O) groups excluding carboxylic acids is 1. The molecule has 2 saturated heterocycles. The Labute approximate surface area is 155 Å². The minimum Gasteiger partial charge on any atom is -0.388 e. The molecule has 7 nitrogen and oxygen atoms in total. The number of carbonyl (C=O) groups is 1. The lowest BCUT2D eigenvalue weighted by Crippen LogP contribution is -2.63. The molecule has 0 spiro atoms.